The van der Waals surface area contributed by atoms with Gasteiger partial charge in [0.2, 0.25) is 0 Å². The van der Waals surface area contributed by atoms with Crippen LogP contribution in [0.5, 0.6) is 5.75 Å². The molecule has 4 atom stereocenters. The Bertz CT molecular complexity index is 840. The number of hydrogen-bond donors (Lipinski definition) is 4. The van der Waals surface area contributed by atoms with E-state index >= 15 is 0 Å². The first-order valence-corrected chi connectivity index (χ1v) is 9.33. The van der Waals surface area contributed by atoms with E-state index in [1.54, 1.807) is 6.07 Å². The monoisotopic (exact) mass is 355 g/mol. The first-order chi connectivity index (χ1) is 12.3. The van der Waals surface area contributed by atoms with Gasteiger partial charge in [0.1, 0.15) is 5.75 Å². The second kappa shape index (κ2) is 4.81. The number of hydrogen-bond acceptors (Lipinski definition) is 4. The maximum Gasteiger partial charge on any atom is 0.319 e. The van der Waals surface area contributed by atoms with E-state index in [0.717, 1.165) is 24.9 Å². The fraction of sp³-hybridized carbons (Fsp3) is 0.550. The zero-order valence-corrected chi connectivity index (χ0v) is 15.0. The van der Waals surface area contributed by atoms with Crippen LogP contribution >= 0.6 is 0 Å². The number of nitrogens with one attached hydrogen (secondary N) is 2. The lowest BCUT2D eigenvalue weighted by atomic mass is 9.46. The highest BCUT2D eigenvalue weighted by Crippen LogP contribution is 2.61. The van der Waals surface area contributed by atoms with Crippen LogP contribution in [0.15, 0.2) is 30.5 Å². The highest BCUT2D eigenvalue weighted by Gasteiger charge is 2.67. The molecule has 6 heteroatoms. The topological polar surface area (TPSA) is 84.8 Å². The highest BCUT2D eigenvalue weighted by molar-refractivity contribution is 5.81. The van der Waals surface area contributed by atoms with Crippen LogP contribution in [0, 0.1) is 0 Å². The maximum absolute atomic E-state index is 12.0. The van der Waals surface area contributed by atoms with Crippen molar-refractivity contribution in [1.29, 1.82) is 0 Å². The molecule has 2 aliphatic heterocycles. The van der Waals surface area contributed by atoms with Crippen molar-refractivity contribution in [1.82, 2.24) is 15.5 Å². The maximum atomic E-state index is 12.0. The summed E-state index contributed by atoms with van der Waals surface area (Å²) in [5.74, 6) is 0.227. The fourth-order valence-corrected chi connectivity index (χ4v) is 6.21. The van der Waals surface area contributed by atoms with Crippen molar-refractivity contribution in [3.63, 3.8) is 0 Å². The third-order valence-electron chi connectivity index (χ3n) is 7.56. The molecule has 1 aromatic carbocycles. The van der Waals surface area contributed by atoms with Crippen molar-refractivity contribution in [2.24, 2.45) is 0 Å². The van der Waals surface area contributed by atoms with Crippen molar-refractivity contribution in [2.75, 3.05) is 13.6 Å². The number of carbonyl (C=O) groups is 1. The standard InChI is InChI=1S/C20H25N3O3/c1-12-19(22-17(25)21-12)5-6-20(26)16-9-13-3-4-14(24)10-15(13)18(20,11-19)7-8-23(16)2/h3-4,10,16,24,26H,1,5-9,11H2,2H3,(H2,21,22,25)/t16-,18-,19+,20-/m1/s1. The minimum absolute atomic E-state index is 0.0453. The molecule has 2 amide bonds. The van der Waals surface area contributed by atoms with Crippen molar-refractivity contribution in [3.8, 4) is 5.75 Å². The van der Waals surface area contributed by atoms with Crippen molar-refractivity contribution in [3.05, 3.63) is 41.6 Å². The number of urea groups is 1. The Hall–Kier alpha value is -2.05. The fourth-order valence-electron chi connectivity index (χ4n) is 6.21. The molecule has 0 aromatic heterocycles. The SMILES string of the molecule is C=C1NC(=O)N[C@]12CC[C@@]1(O)[C@H]3Cc4ccc(O)cc4[C@@]1(CCN3C)C2. The van der Waals surface area contributed by atoms with Gasteiger partial charge in [-0.05, 0) is 69.0 Å². The van der Waals surface area contributed by atoms with E-state index in [4.69, 9.17) is 0 Å². The van der Waals surface area contributed by atoms with E-state index < -0.39 is 16.6 Å². The number of aliphatic hydroxyl groups is 1. The van der Waals surface area contributed by atoms with Crippen LogP contribution in [0.3, 0.4) is 0 Å². The van der Waals surface area contributed by atoms with Gasteiger partial charge in [-0.3, -0.25) is 0 Å². The lowest BCUT2D eigenvalue weighted by molar-refractivity contribution is -0.170. The number of amides is 2. The molecule has 0 radical (unpaired) electrons. The third-order valence-corrected chi connectivity index (χ3v) is 7.56. The number of nitrogens with zero attached hydrogens (tertiary/aromatic N) is 1. The highest BCUT2D eigenvalue weighted by atomic mass is 16.3. The quantitative estimate of drug-likeness (QED) is 0.566. The Kier molecular flexibility index (Phi) is 2.99. The Balaban J connectivity index is 1.72. The average molecular weight is 355 g/mol. The first-order valence-electron chi connectivity index (χ1n) is 9.33. The largest absolute Gasteiger partial charge is 0.508 e. The molecule has 4 N–H and O–H groups in total. The zero-order valence-electron chi connectivity index (χ0n) is 15.0. The summed E-state index contributed by atoms with van der Waals surface area (Å²) < 4.78 is 0. The van der Waals surface area contributed by atoms with Gasteiger partial charge in [0.15, 0.2) is 0 Å². The van der Waals surface area contributed by atoms with Crippen LogP contribution in [-0.4, -0.2) is 51.9 Å². The Morgan fingerprint density at radius 2 is 2.12 bits per heavy atom. The lowest BCUT2D eigenvalue weighted by Gasteiger charge is -2.65. The predicted molar refractivity (Wildman–Crippen MR) is 96.9 cm³/mol. The molecule has 1 aromatic rings. The van der Waals surface area contributed by atoms with E-state index in [0.29, 0.717) is 25.0 Å². The lowest BCUT2D eigenvalue weighted by Crippen LogP contribution is -2.75. The summed E-state index contributed by atoms with van der Waals surface area (Å²) in [6.45, 7) is 4.98. The van der Waals surface area contributed by atoms with Crippen LogP contribution in [0.4, 0.5) is 4.79 Å². The summed E-state index contributed by atoms with van der Waals surface area (Å²) in [6, 6.07) is 5.37. The van der Waals surface area contributed by atoms with Gasteiger partial charge in [0.05, 0.1) is 11.1 Å². The molecule has 5 rings (SSSR count). The molecule has 2 heterocycles. The molecule has 0 unspecified atom stereocenters. The number of aromatic hydroxyl groups is 1. The summed E-state index contributed by atoms with van der Waals surface area (Å²) in [4.78, 5) is 14.3. The van der Waals surface area contributed by atoms with Crippen molar-refractivity contribution in [2.45, 2.75) is 54.7 Å². The average Bonchev–Trinajstić information content (AvgIpc) is 2.86. The number of likely N-dealkylation sites (N-methyl/N-ethyl adjacent to an activating group) is 1. The number of likely N-dealkylation sites (tertiary alicyclic amines) is 1. The van der Waals surface area contributed by atoms with E-state index in [1.807, 2.05) is 12.1 Å². The summed E-state index contributed by atoms with van der Waals surface area (Å²) >= 11 is 0. The van der Waals surface area contributed by atoms with E-state index in [2.05, 4.69) is 29.2 Å². The second-order valence-corrected chi connectivity index (χ2v) is 8.61. The number of benzene rings is 1. The van der Waals surface area contributed by atoms with Gasteiger partial charge in [-0.15, -0.1) is 0 Å². The number of phenolic OH excluding ortho intramolecular Hbond substituents is 1. The van der Waals surface area contributed by atoms with Gasteiger partial charge in [-0.25, -0.2) is 4.79 Å². The first kappa shape index (κ1) is 16.1. The number of fused-ring (bicyclic) bond motifs is 1. The second-order valence-electron chi connectivity index (χ2n) is 8.61. The Morgan fingerprint density at radius 3 is 2.85 bits per heavy atom. The zero-order chi connectivity index (χ0) is 18.3. The summed E-state index contributed by atoms with van der Waals surface area (Å²) in [6.07, 6.45) is 3.44. The van der Waals surface area contributed by atoms with Gasteiger partial charge in [-0.2, -0.15) is 0 Å². The van der Waals surface area contributed by atoms with Crippen LogP contribution in [0.25, 0.3) is 0 Å². The molecule has 138 valence electrons. The molecule has 6 nitrogen and oxygen atoms in total. The molecule has 2 bridgehead atoms. The van der Waals surface area contributed by atoms with Gasteiger partial charge in [0.25, 0.3) is 0 Å². The van der Waals surface area contributed by atoms with Crippen molar-refractivity contribution >= 4 is 6.03 Å². The molecular formula is C20H25N3O3. The Morgan fingerprint density at radius 1 is 1.31 bits per heavy atom. The van der Waals surface area contributed by atoms with Gasteiger partial charge in [0, 0.05) is 17.2 Å². The minimum atomic E-state index is -0.875. The number of rotatable bonds is 0. The molecule has 2 saturated heterocycles. The van der Waals surface area contributed by atoms with E-state index in [1.165, 1.54) is 5.56 Å². The minimum Gasteiger partial charge on any atom is -0.508 e. The van der Waals surface area contributed by atoms with Gasteiger partial charge in [-0.1, -0.05) is 12.6 Å². The van der Waals surface area contributed by atoms with Gasteiger partial charge >= 0.3 is 6.03 Å². The van der Waals surface area contributed by atoms with E-state index in [-0.39, 0.29) is 17.8 Å². The van der Waals surface area contributed by atoms with Crippen LogP contribution < -0.4 is 10.6 Å². The molecular weight excluding hydrogens is 330 g/mol. The predicted octanol–water partition coefficient (Wildman–Crippen LogP) is 1.37. The van der Waals surface area contributed by atoms with Crippen molar-refractivity contribution < 1.29 is 15.0 Å². The molecule has 1 spiro atoms. The smallest absolute Gasteiger partial charge is 0.319 e. The number of piperidine rings is 1. The molecule has 4 aliphatic rings. The molecule has 1 saturated carbocycles. The normalized spacial score (nSPS) is 41.4. The summed E-state index contributed by atoms with van der Waals surface area (Å²) in [7, 11) is 2.08. The molecule has 3 fully saturated rings. The number of phenols is 1. The molecule has 26 heavy (non-hydrogen) atoms. The third kappa shape index (κ3) is 1.76. The Labute approximate surface area is 152 Å². The van der Waals surface area contributed by atoms with E-state index in [9.17, 15) is 15.0 Å². The van der Waals surface area contributed by atoms with Gasteiger partial charge < -0.3 is 25.7 Å². The molecule has 2 aliphatic carbocycles. The number of carbonyl (C=O) groups excluding carboxylic acids is 1. The van der Waals surface area contributed by atoms with Crippen LogP contribution in [-0.2, 0) is 11.8 Å². The summed E-state index contributed by atoms with van der Waals surface area (Å²) in [5.41, 5.74) is 1.00. The van der Waals surface area contributed by atoms with Crippen LogP contribution in [0.1, 0.15) is 36.8 Å². The summed E-state index contributed by atoms with van der Waals surface area (Å²) in [5, 5.41) is 28.0. The van der Waals surface area contributed by atoms with Crippen LogP contribution in [0.2, 0.25) is 0 Å².